The topological polar surface area (TPSA) is 545 Å². The number of nitro benzene ring substituents is 1. The number of urea groups is 2. The second kappa shape index (κ2) is 56.4. The van der Waals surface area contributed by atoms with E-state index in [1.807, 2.05) is 120 Å². The number of primary amides is 2. The number of rotatable bonds is 51. The number of amides is 12. The maximum Gasteiger partial charge on any atom is 0.514 e. The van der Waals surface area contributed by atoms with Crippen LogP contribution >= 0.6 is 0 Å². The number of carbonyl (C=O) groups is 14. The molecule has 6 aromatic carbocycles. The van der Waals surface area contributed by atoms with Crippen LogP contribution in [0.4, 0.5) is 45.8 Å². The zero-order valence-electron chi connectivity index (χ0n) is 87.3. The zero-order chi connectivity index (χ0) is 108. The molecule has 39 heteroatoms. The van der Waals surface area contributed by atoms with E-state index in [9.17, 15) is 82.3 Å². The largest absolute Gasteiger partial charge is 0.514 e. The Balaban J connectivity index is 0.000000418. The van der Waals surface area contributed by atoms with Crippen molar-refractivity contribution in [3.63, 3.8) is 0 Å². The van der Waals surface area contributed by atoms with Crippen LogP contribution in [0.25, 0.3) is 21.8 Å². The fraction of sp³-hybridized carbons (Fsp3) is 0.500. The van der Waals surface area contributed by atoms with E-state index in [1.165, 1.54) is 43.3 Å². The summed E-state index contributed by atoms with van der Waals surface area (Å²) >= 11 is 0. The van der Waals surface area contributed by atoms with E-state index >= 15 is 0 Å². The van der Waals surface area contributed by atoms with Gasteiger partial charge in [0.1, 0.15) is 48.0 Å². The van der Waals surface area contributed by atoms with Crippen molar-refractivity contribution in [3.8, 4) is 5.75 Å². The molecule has 0 saturated carbocycles. The number of non-ortho nitro benzene ring substituents is 1. The Bertz CT molecular complexity index is 5740. The molecular formula is C108H147N15O24. The number of nitrogens with one attached hydrogen (secondary N) is 9. The molecule has 0 unspecified atom stereocenters. The molecule has 2 aromatic heterocycles. The molecule has 3 heterocycles. The number of likely N-dealkylation sites (tertiary alicyclic amines) is 1. The van der Waals surface area contributed by atoms with Crippen LogP contribution in [0.1, 0.15) is 201 Å². The van der Waals surface area contributed by atoms with Gasteiger partial charge in [-0.05, 0) is 180 Å². The summed E-state index contributed by atoms with van der Waals surface area (Å²) in [5, 5.41) is 42.7. The van der Waals surface area contributed by atoms with Gasteiger partial charge in [0.25, 0.3) is 5.69 Å². The third-order valence-electron chi connectivity index (χ3n) is 25.9. The SMILES string of the molecule is CC(C)(C)OC(=O)N[C@@H](Cc1c[nH]c2ccccc12)C(=O)C[C@@H](CCCNC(N)=O)C(=O)Nc1ccc(COC(=O)Oc2ccc([N+](=O)[O-])cc2)cc1.CC[C@H](C)[C@@H]([C@@H](CC(=O)N1CCC[C@H]1[C@H](OC)[C@@H](C)C(=O)C[C@H](C)[C@@H](O)c1ccccc1)OC)N(C)C(=O)[C@@H](NC(=O)[C@H](C(C)C)N(C)C(=O)OCc1ccc(NC(=O)[C@H](CCCNC(N)=O)CC(=O)[C@H](Cc2c[nH]c3ccccc23)NC(=O)OC(C)(C)C)cc1)C(C)C. The number of methoxy groups -OCH3 is 2. The van der Waals surface area contributed by atoms with Gasteiger partial charge in [-0.1, -0.05) is 153 Å². The molecule has 1 aliphatic heterocycles. The van der Waals surface area contributed by atoms with E-state index in [4.69, 9.17) is 44.6 Å². The van der Waals surface area contributed by atoms with Gasteiger partial charge in [0.05, 0.1) is 53.8 Å². The minimum atomic E-state index is -1.07. The van der Waals surface area contributed by atoms with Gasteiger partial charge in [0.15, 0.2) is 11.6 Å². The maximum absolute atomic E-state index is 14.8. The fourth-order valence-corrected chi connectivity index (χ4v) is 17.9. The second-order valence-corrected chi connectivity index (χ2v) is 40.1. The number of hydrogen-bond donors (Lipinski definition) is 12. The van der Waals surface area contributed by atoms with E-state index in [0.717, 1.165) is 38.5 Å². The number of aliphatic hydroxyl groups excluding tert-OH is 1. The summed E-state index contributed by atoms with van der Waals surface area (Å²) in [6.45, 7) is 25.5. The Labute approximate surface area is 858 Å². The molecule has 1 aliphatic rings. The number of likely N-dealkylation sites (N-methyl/N-ethyl adjacent to an activating group) is 2. The average Bonchev–Trinajstić information content (AvgIpc) is 1.19. The van der Waals surface area contributed by atoms with Crippen LogP contribution in [-0.2, 0) is 92.8 Å². The Morgan fingerprint density at radius 2 is 1.03 bits per heavy atom. The summed E-state index contributed by atoms with van der Waals surface area (Å²) in [5.74, 6) is -6.64. The number of aromatic nitrogens is 2. The van der Waals surface area contributed by atoms with Gasteiger partial charge in [-0.15, -0.1) is 0 Å². The maximum atomic E-state index is 14.8. The number of benzene rings is 6. The van der Waals surface area contributed by atoms with Crippen molar-refractivity contribution < 1.29 is 110 Å². The van der Waals surface area contributed by atoms with Crippen LogP contribution in [0, 0.1) is 51.5 Å². The lowest BCUT2D eigenvalue weighted by Gasteiger charge is -2.41. The highest BCUT2D eigenvalue weighted by molar-refractivity contribution is 6.00. The molecule has 14 atom stereocenters. The van der Waals surface area contributed by atoms with Gasteiger partial charge < -0.3 is 107 Å². The van der Waals surface area contributed by atoms with Crippen LogP contribution in [-0.4, -0.2) is 226 Å². The Kier molecular flexibility index (Phi) is 45.2. The van der Waals surface area contributed by atoms with Gasteiger partial charge >= 0.3 is 36.5 Å². The molecule has 8 aromatic rings. The lowest BCUT2D eigenvalue weighted by molar-refractivity contribution is -0.384. The molecule has 14 N–H and O–H groups in total. The molecule has 798 valence electrons. The van der Waals surface area contributed by atoms with Crippen molar-refractivity contribution in [1.82, 2.24) is 51.3 Å². The number of anilines is 2. The Morgan fingerprint density at radius 1 is 0.558 bits per heavy atom. The number of ketones is 3. The van der Waals surface area contributed by atoms with Crippen molar-refractivity contribution in [2.24, 2.45) is 52.9 Å². The number of fused-ring (bicyclic) bond motifs is 2. The minimum absolute atomic E-state index is 0.0713. The third kappa shape index (κ3) is 36.7. The second-order valence-electron chi connectivity index (χ2n) is 40.1. The van der Waals surface area contributed by atoms with Crippen molar-refractivity contribution in [2.75, 3.05) is 58.6 Å². The number of nitrogens with zero attached hydrogens (tertiary/aromatic N) is 4. The summed E-state index contributed by atoms with van der Waals surface area (Å²) in [6.07, 6.45) is 0.796. The van der Waals surface area contributed by atoms with E-state index in [1.54, 1.807) is 140 Å². The predicted molar refractivity (Wildman–Crippen MR) is 554 cm³/mol. The van der Waals surface area contributed by atoms with E-state index in [0.29, 0.717) is 61.2 Å². The number of nitro groups is 1. The number of aliphatic hydroxyl groups is 1. The molecule has 39 nitrogen and oxygen atoms in total. The normalized spacial score (nSPS) is 15.2. The number of hydrogen-bond acceptors (Lipinski definition) is 24. The van der Waals surface area contributed by atoms with Crippen molar-refractivity contribution in [1.29, 1.82) is 0 Å². The van der Waals surface area contributed by atoms with Crippen molar-refractivity contribution in [3.05, 3.63) is 202 Å². The highest BCUT2D eigenvalue weighted by Gasteiger charge is 2.45. The van der Waals surface area contributed by atoms with Crippen LogP contribution in [0.2, 0.25) is 0 Å². The van der Waals surface area contributed by atoms with Crippen molar-refractivity contribution >= 4 is 122 Å². The summed E-state index contributed by atoms with van der Waals surface area (Å²) < 4.78 is 39.0. The van der Waals surface area contributed by atoms with Crippen LogP contribution in [0.3, 0.4) is 0 Å². The highest BCUT2D eigenvalue weighted by Crippen LogP contribution is 2.35. The van der Waals surface area contributed by atoms with Gasteiger partial charge in [-0.25, -0.2) is 28.8 Å². The molecule has 1 saturated heterocycles. The predicted octanol–water partition coefficient (Wildman–Crippen LogP) is 15.1. The summed E-state index contributed by atoms with van der Waals surface area (Å²) in [5.41, 5.74) is 14.6. The first-order valence-corrected chi connectivity index (χ1v) is 49.7. The minimum Gasteiger partial charge on any atom is -0.445 e. The van der Waals surface area contributed by atoms with Gasteiger partial charge in [0.2, 0.25) is 29.5 Å². The quantitative estimate of drug-likeness (QED) is 0.00421. The number of nitrogens with two attached hydrogens (primary N) is 2. The molecule has 1 fully saturated rings. The summed E-state index contributed by atoms with van der Waals surface area (Å²) in [7, 11) is 6.16. The number of Topliss-reactive ketones (excluding diaryl/α,β-unsaturated/α-hetero) is 3. The fourth-order valence-electron chi connectivity index (χ4n) is 17.9. The molecule has 12 amide bonds. The first kappa shape index (κ1) is 118. The number of alkyl carbamates (subject to hydrolysis) is 2. The van der Waals surface area contributed by atoms with E-state index in [-0.39, 0.29) is 113 Å². The molecule has 0 aliphatic carbocycles. The molecular weight excluding hydrogens is 1890 g/mol. The molecule has 0 spiro atoms. The molecule has 9 rings (SSSR count). The Hall–Kier alpha value is -14.3. The number of para-hydroxylation sites is 2. The molecule has 147 heavy (non-hydrogen) atoms. The molecule has 0 bridgehead atoms. The van der Waals surface area contributed by atoms with Gasteiger partial charge in [-0.3, -0.25) is 53.4 Å². The lowest BCUT2D eigenvalue weighted by atomic mass is 9.85. The smallest absolute Gasteiger partial charge is 0.445 e. The lowest BCUT2D eigenvalue weighted by Crippen LogP contribution is -2.60. The van der Waals surface area contributed by atoms with Crippen LogP contribution in [0.15, 0.2) is 164 Å². The summed E-state index contributed by atoms with van der Waals surface area (Å²) in [4.78, 5) is 209. The zero-order valence-corrected chi connectivity index (χ0v) is 87.3. The summed E-state index contributed by atoms with van der Waals surface area (Å²) in [6, 6.07) is 35.6. The van der Waals surface area contributed by atoms with Crippen molar-refractivity contribution in [2.45, 2.75) is 259 Å². The number of ether oxygens (including phenoxy) is 7. The van der Waals surface area contributed by atoms with E-state index < -0.39 is 172 Å². The third-order valence-corrected chi connectivity index (χ3v) is 25.9. The standard InChI is InChI=1S/C71H105N9O14.C37H42N6O10/c1-16-44(6)62(58(91-14)39-59(83)80-35-23-29-55(80)64(92-15)46(8)56(81)36-45(7)63(84)48-24-18-17-19-25-48)78(12)67(87)60(42(2)3)77-66(86)61(43(4)5)79(13)70(90)93-41-47-30-32-51(33-31-47)75-65(85)49(26-22-34-73-68(72)88)38-57(82)54(76-69(89)94-71(9,10)11)37-50-40-74-53-28-21-20-27-52(50)53;1-37(2,3)53-35(47)42-31(19-25-21-40-30-9-5-4-8-29(25)30)32(44)20-24(7-6-18-39-34(38)46)33(45)41-26-12-10-23(11-13-26)22-51-36(48)52-28-16-14-27(15-17-28)43(49)50/h17-21,24-25,27-28,30-33,40,42-46,49,54-55,58,60-64,74,84H,16,22-23,26,29,34-39,41H2,1-15H3,(H,75,85)(H,76,89)(H,77,86)(H3,72,73,88);4-5,8-17,21,24,31,40H,6-7,18-20,22H2,1-3H3,(H,41,45)(H,42,47)(H3,38,39,46)/t44-,45-,46-,49+,54-,55-,58+,60-,61-,62-,63+,64+;24-,31+/m01/s1. The number of carbonyl (C=O) groups excluding carboxylic acids is 14. The first-order valence-electron chi connectivity index (χ1n) is 49.7. The van der Waals surface area contributed by atoms with Crippen LogP contribution in [0.5, 0.6) is 5.75 Å². The highest BCUT2D eigenvalue weighted by atomic mass is 16.7. The molecule has 0 radical (unpaired) electrons. The number of aromatic amines is 2. The first-order chi connectivity index (χ1) is 69.6. The van der Waals surface area contributed by atoms with Crippen LogP contribution < -0.4 is 53.4 Å². The van der Waals surface area contributed by atoms with E-state index in [2.05, 4.69) is 47.2 Å². The monoisotopic (exact) mass is 2040 g/mol. The Morgan fingerprint density at radius 3 is 1.48 bits per heavy atom. The average molecular weight is 2040 g/mol. The van der Waals surface area contributed by atoms with Gasteiger partial charge in [0, 0.05) is 156 Å². The van der Waals surface area contributed by atoms with Gasteiger partial charge in [-0.2, -0.15) is 0 Å². The number of H-pyrrole nitrogens is 2.